The summed E-state index contributed by atoms with van der Waals surface area (Å²) in [5, 5.41) is 7.36. The molecule has 2 rings (SSSR count). The Morgan fingerprint density at radius 3 is 2.55 bits per heavy atom. The Bertz CT molecular complexity index is 601. The van der Waals surface area contributed by atoms with Crippen molar-refractivity contribution in [2.24, 2.45) is 0 Å². The summed E-state index contributed by atoms with van der Waals surface area (Å²) in [6, 6.07) is 2.59. The van der Waals surface area contributed by atoms with Gasteiger partial charge >= 0.3 is 0 Å². The topological polar surface area (TPSA) is 12.0 Å². The molecule has 6 heteroatoms. The van der Waals surface area contributed by atoms with Crippen molar-refractivity contribution >= 4 is 43.2 Å². The van der Waals surface area contributed by atoms with Crippen molar-refractivity contribution in [2.75, 3.05) is 6.54 Å². The van der Waals surface area contributed by atoms with Gasteiger partial charge in [0, 0.05) is 9.85 Å². The quantitative estimate of drug-likeness (QED) is 0.612. The first-order valence-electron chi connectivity index (χ1n) is 6.14. The van der Waals surface area contributed by atoms with Crippen LogP contribution in [0.1, 0.15) is 30.5 Å². The molecule has 0 aliphatic heterocycles. The zero-order chi connectivity index (χ0) is 14.7. The molecule has 0 bridgehead atoms. The van der Waals surface area contributed by atoms with Crippen molar-refractivity contribution in [1.29, 1.82) is 0 Å². The molecule has 1 heterocycles. The Labute approximate surface area is 137 Å². The van der Waals surface area contributed by atoms with Crippen LogP contribution < -0.4 is 5.32 Å². The van der Waals surface area contributed by atoms with Gasteiger partial charge in [-0.3, -0.25) is 0 Å². The molecule has 108 valence electrons. The van der Waals surface area contributed by atoms with Crippen LogP contribution >= 0.6 is 43.2 Å². The molecule has 0 aliphatic carbocycles. The number of hydrogen-bond acceptors (Lipinski definition) is 2. The molecule has 1 unspecified atom stereocenters. The van der Waals surface area contributed by atoms with Gasteiger partial charge in [0.05, 0.1) is 10.5 Å². The van der Waals surface area contributed by atoms with Crippen molar-refractivity contribution in [3.05, 3.63) is 54.6 Å². The van der Waals surface area contributed by atoms with Gasteiger partial charge in [0.2, 0.25) is 0 Å². The minimum Gasteiger partial charge on any atom is -0.306 e. The summed E-state index contributed by atoms with van der Waals surface area (Å²) in [5.41, 5.74) is 1.71. The van der Waals surface area contributed by atoms with Gasteiger partial charge in [-0.2, -0.15) is 11.3 Å². The molecule has 1 nitrogen and oxygen atoms in total. The van der Waals surface area contributed by atoms with E-state index in [0.717, 1.165) is 29.1 Å². The monoisotopic (exact) mass is 423 g/mol. The van der Waals surface area contributed by atoms with Crippen molar-refractivity contribution < 1.29 is 8.78 Å². The van der Waals surface area contributed by atoms with Gasteiger partial charge in [0.25, 0.3) is 0 Å². The molecular formula is C14H13Br2F2NS. The van der Waals surface area contributed by atoms with Crippen LogP contribution in [-0.2, 0) is 0 Å². The number of thiophene rings is 1. The lowest BCUT2D eigenvalue weighted by atomic mass is 10.0. The van der Waals surface area contributed by atoms with Crippen LogP contribution in [0.5, 0.6) is 0 Å². The van der Waals surface area contributed by atoms with E-state index < -0.39 is 11.6 Å². The molecule has 0 aliphatic rings. The maximum atomic E-state index is 13.8. The van der Waals surface area contributed by atoms with Gasteiger partial charge in [0.15, 0.2) is 11.6 Å². The normalized spacial score (nSPS) is 12.7. The predicted octanol–water partition coefficient (Wildman–Crippen LogP) is 5.64. The molecule has 0 spiro atoms. The highest BCUT2D eigenvalue weighted by Gasteiger charge is 2.22. The van der Waals surface area contributed by atoms with Gasteiger partial charge in [-0.05, 0) is 67.4 Å². The molecule has 2 aromatic rings. The maximum absolute atomic E-state index is 13.8. The molecule has 1 N–H and O–H groups in total. The SMILES string of the molecule is CCCNC(c1cscc1Br)c1ccc(F)c(F)c1Br. The van der Waals surface area contributed by atoms with E-state index in [1.165, 1.54) is 0 Å². The fourth-order valence-corrected chi connectivity index (χ4v) is 4.04. The van der Waals surface area contributed by atoms with Crippen LogP contribution in [0.25, 0.3) is 0 Å². The molecular weight excluding hydrogens is 412 g/mol. The number of rotatable bonds is 5. The van der Waals surface area contributed by atoms with Crippen molar-refractivity contribution in [1.82, 2.24) is 5.32 Å². The van der Waals surface area contributed by atoms with Crippen molar-refractivity contribution in [2.45, 2.75) is 19.4 Å². The van der Waals surface area contributed by atoms with Crippen LogP contribution in [0.3, 0.4) is 0 Å². The van der Waals surface area contributed by atoms with Crippen molar-refractivity contribution in [3.8, 4) is 0 Å². The lowest BCUT2D eigenvalue weighted by Gasteiger charge is -2.20. The summed E-state index contributed by atoms with van der Waals surface area (Å²) in [6.07, 6.45) is 0.958. The fourth-order valence-electron chi connectivity index (χ4n) is 1.94. The molecule has 0 radical (unpaired) electrons. The summed E-state index contributed by atoms with van der Waals surface area (Å²) in [5.74, 6) is -1.70. The second-order valence-electron chi connectivity index (χ2n) is 4.33. The maximum Gasteiger partial charge on any atom is 0.173 e. The molecule has 1 aromatic heterocycles. The number of nitrogens with one attached hydrogen (secondary N) is 1. The van der Waals surface area contributed by atoms with Crippen LogP contribution in [-0.4, -0.2) is 6.54 Å². The van der Waals surface area contributed by atoms with E-state index in [1.807, 2.05) is 10.8 Å². The Morgan fingerprint density at radius 2 is 1.95 bits per heavy atom. The molecule has 0 saturated carbocycles. The van der Waals surface area contributed by atoms with Crippen LogP contribution in [0.4, 0.5) is 8.78 Å². The van der Waals surface area contributed by atoms with Gasteiger partial charge < -0.3 is 5.32 Å². The van der Waals surface area contributed by atoms with E-state index in [1.54, 1.807) is 17.4 Å². The third-order valence-corrected chi connectivity index (χ3v) is 5.49. The highest BCUT2D eigenvalue weighted by atomic mass is 79.9. The Hall–Kier alpha value is -0.300. The summed E-state index contributed by atoms with van der Waals surface area (Å²) < 4.78 is 28.2. The average molecular weight is 425 g/mol. The van der Waals surface area contributed by atoms with Gasteiger partial charge in [-0.1, -0.05) is 13.0 Å². The molecule has 1 aromatic carbocycles. The Morgan fingerprint density at radius 1 is 1.20 bits per heavy atom. The average Bonchev–Trinajstić information content (AvgIpc) is 2.85. The first kappa shape index (κ1) is 16.1. The highest BCUT2D eigenvalue weighted by molar-refractivity contribution is 9.10. The van der Waals surface area contributed by atoms with Gasteiger partial charge in [-0.25, -0.2) is 8.78 Å². The van der Waals surface area contributed by atoms with Crippen molar-refractivity contribution in [3.63, 3.8) is 0 Å². The summed E-state index contributed by atoms with van der Waals surface area (Å²) in [6.45, 7) is 2.85. The zero-order valence-electron chi connectivity index (χ0n) is 10.7. The Balaban J connectivity index is 2.47. The first-order chi connectivity index (χ1) is 9.56. The summed E-state index contributed by atoms with van der Waals surface area (Å²) >= 11 is 8.23. The molecule has 0 saturated heterocycles. The molecule has 1 atom stereocenters. The van der Waals surface area contributed by atoms with E-state index in [2.05, 4.69) is 44.1 Å². The minimum absolute atomic E-state index is 0.171. The molecule has 20 heavy (non-hydrogen) atoms. The van der Waals surface area contributed by atoms with E-state index in [0.29, 0.717) is 5.56 Å². The zero-order valence-corrected chi connectivity index (χ0v) is 14.7. The summed E-state index contributed by atoms with van der Waals surface area (Å²) in [4.78, 5) is 0. The number of hydrogen-bond donors (Lipinski definition) is 1. The van der Waals surface area contributed by atoms with Crippen LogP contribution in [0.15, 0.2) is 31.8 Å². The van der Waals surface area contributed by atoms with E-state index in [-0.39, 0.29) is 10.5 Å². The highest BCUT2D eigenvalue weighted by Crippen LogP contribution is 2.36. The third-order valence-electron chi connectivity index (χ3n) is 2.93. The predicted molar refractivity (Wildman–Crippen MR) is 86.2 cm³/mol. The van der Waals surface area contributed by atoms with E-state index in [4.69, 9.17) is 0 Å². The first-order valence-corrected chi connectivity index (χ1v) is 8.67. The lowest BCUT2D eigenvalue weighted by Crippen LogP contribution is -2.23. The smallest absolute Gasteiger partial charge is 0.173 e. The standard InChI is InChI=1S/C14H13Br2F2NS/c1-2-5-19-14(9-6-20-7-10(9)15)8-3-4-11(17)13(18)12(8)16/h3-4,6-7,14,19H,2,5H2,1H3. The number of halogens is 4. The second kappa shape index (κ2) is 7.11. The second-order valence-corrected chi connectivity index (χ2v) is 6.72. The third kappa shape index (κ3) is 3.30. The van der Waals surface area contributed by atoms with Crippen LogP contribution in [0.2, 0.25) is 0 Å². The molecule has 0 fully saturated rings. The Kier molecular flexibility index (Phi) is 5.72. The number of benzene rings is 1. The van der Waals surface area contributed by atoms with Gasteiger partial charge in [-0.15, -0.1) is 0 Å². The van der Waals surface area contributed by atoms with Crippen LogP contribution in [0, 0.1) is 11.6 Å². The fraction of sp³-hybridized carbons (Fsp3) is 0.286. The van der Waals surface area contributed by atoms with E-state index >= 15 is 0 Å². The minimum atomic E-state index is -0.850. The largest absolute Gasteiger partial charge is 0.306 e. The van der Waals surface area contributed by atoms with Gasteiger partial charge in [0.1, 0.15) is 0 Å². The molecule has 0 amide bonds. The summed E-state index contributed by atoms with van der Waals surface area (Å²) in [7, 11) is 0. The van der Waals surface area contributed by atoms with E-state index in [9.17, 15) is 8.78 Å². The lowest BCUT2D eigenvalue weighted by molar-refractivity contribution is 0.497.